The van der Waals surface area contributed by atoms with Gasteiger partial charge in [-0.05, 0) is 31.2 Å². The smallest absolute Gasteiger partial charge is 0.137 e. The van der Waals surface area contributed by atoms with Gasteiger partial charge in [0.1, 0.15) is 11.5 Å². The number of nitrogens with zero attached hydrogens (tertiary/aromatic N) is 5. The highest BCUT2D eigenvalue weighted by atomic mass is 15.3. The maximum absolute atomic E-state index is 4.69. The van der Waals surface area contributed by atoms with E-state index in [-0.39, 0.29) is 0 Å². The van der Waals surface area contributed by atoms with E-state index < -0.39 is 0 Å². The molecule has 0 amide bonds. The molecular weight excluding hydrogens is 286 g/mol. The fourth-order valence-corrected chi connectivity index (χ4v) is 3.13. The lowest BCUT2D eigenvalue weighted by Gasteiger charge is -2.35. The molecule has 5 nitrogen and oxygen atoms in total. The van der Waals surface area contributed by atoms with E-state index in [0.29, 0.717) is 0 Å². The molecule has 0 atom stereocenters. The summed E-state index contributed by atoms with van der Waals surface area (Å²) in [6, 6.07) is 12.3. The summed E-state index contributed by atoms with van der Waals surface area (Å²) in [5.41, 5.74) is 3.23. The van der Waals surface area contributed by atoms with Crippen molar-refractivity contribution >= 4 is 11.5 Å². The van der Waals surface area contributed by atoms with Gasteiger partial charge in [-0.2, -0.15) is 0 Å². The second-order valence-electron chi connectivity index (χ2n) is 6.10. The molecule has 0 aliphatic carbocycles. The van der Waals surface area contributed by atoms with Gasteiger partial charge in [0, 0.05) is 50.8 Å². The minimum atomic E-state index is 0.913. The zero-order valence-corrected chi connectivity index (χ0v) is 13.4. The summed E-state index contributed by atoms with van der Waals surface area (Å²) in [6.07, 6.45) is 4.18. The molecule has 5 heteroatoms. The van der Waals surface area contributed by atoms with Crippen LogP contribution in [0.3, 0.4) is 0 Å². The number of pyridine rings is 2. The summed E-state index contributed by atoms with van der Waals surface area (Å²) in [7, 11) is 0. The Morgan fingerprint density at radius 1 is 0.957 bits per heavy atom. The summed E-state index contributed by atoms with van der Waals surface area (Å²) in [5.74, 6) is 1.09. The lowest BCUT2D eigenvalue weighted by atomic mass is 10.2. The Morgan fingerprint density at radius 2 is 1.83 bits per heavy atom. The van der Waals surface area contributed by atoms with Crippen molar-refractivity contribution in [2.24, 2.45) is 0 Å². The van der Waals surface area contributed by atoms with Crippen LogP contribution in [0, 0.1) is 6.92 Å². The van der Waals surface area contributed by atoms with Gasteiger partial charge in [0.2, 0.25) is 0 Å². The van der Waals surface area contributed by atoms with Crippen molar-refractivity contribution in [2.75, 3.05) is 31.1 Å². The van der Waals surface area contributed by atoms with E-state index in [1.165, 1.54) is 0 Å². The van der Waals surface area contributed by atoms with Crippen LogP contribution in [0.5, 0.6) is 0 Å². The van der Waals surface area contributed by atoms with Crippen LogP contribution in [0.2, 0.25) is 0 Å². The predicted molar refractivity (Wildman–Crippen MR) is 91.7 cm³/mol. The Hall–Kier alpha value is -2.40. The van der Waals surface area contributed by atoms with E-state index in [1.54, 1.807) is 0 Å². The number of anilines is 1. The molecule has 0 unspecified atom stereocenters. The van der Waals surface area contributed by atoms with Gasteiger partial charge in [0.25, 0.3) is 0 Å². The second kappa shape index (κ2) is 6.01. The third kappa shape index (κ3) is 3.05. The van der Waals surface area contributed by atoms with E-state index in [4.69, 9.17) is 4.98 Å². The average molecular weight is 307 g/mol. The van der Waals surface area contributed by atoms with E-state index in [1.807, 2.05) is 37.4 Å². The fourth-order valence-electron chi connectivity index (χ4n) is 3.13. The Morgan fingerprint density at radius 3 is 2.61 bits per heavy atom. The molecule has 3 aromatic heterocycles. The topological polar surface area (TPSA) is 36.7 Å². The van der Waals surface area contributed by atoms with E-state index >= 15 is 0 Å². The van der Waals surface area contributed by atoms with Crippen molar-refractivity contribution in [1.82, 2.24) is 19.3 Å². The summed E-state index contributed by atoms with van der Waals surface area (Å²) >= 11 is 0. The molecule has 0 radical (unpaired) electrons. The molecule has 4 rings (SSSR count). The molecule has 0 aromatic carbocycles. The fraction of sp³-hybridized carbons (Fsp3) is 0.333. The molecule has 0 spiro atoms. The van der Waals surface area contributed by atoms with Gasteiger partial charge in [-0.1, -0.05) is 12.1 Å². The summed E-state index contributed by atoms with van der Waals surface area (Å²) in [5, 5.41) is 0. The number of aryl methyl sites for hydroxylation is 1. The van der Waals surface area contributed by atoms with Crippen LogP contribution in [-0.2, 0) is 6.54 Å². The maximum atomic E-state index is 4.69. The predicted octanol–water partition coefficient (Wildman–Crippen LogP) is 2.36. The SMILES string of the molecule is Cc1cccc(N2CCN(Cc3cn4ccccc4n3)CC2)n1. The average Bonchev–Trinajstić information content (AvgIpc) is 2.98. The number of hydrogen-bond donors (Lipinski definition) is 0. The summed E-state index contributed by atoms with van der Waals surface area (Å²) in [6.45, 7) is 7.08. The van der Waals surface area contributed by atoms with Crippen LogP contribution in [-0.4, -0.2) is 45.4 Å². The van der Waals surface area contributed by atoms with Crippen molar-refractivity contribution in [3.63, 3.8) is 0 Å². The Balaban J connectivity index is 1.39. The normalized spacial score (nSPS) is 16.1. The molecule has 1 fully saturated rings. The highest BCUT2D eigenvalue weighted by Crippen LogP contribution is 2.15. The molecule has 4 heterocycles. The van der Waals surface area contributed by atoms with Crippen molar-refractivity contribution in [1.29, 1.82) is 0 Å². The zero-order valence-electron chi connectivity index (χ0n) is 13.4. The maximum Gasteiger partial charge on any atom is 0.137 e. The standard InChI is InChI=1S/C18H21N5/c1-15-5-4-7-17(19-15)22-11-9-21(10-12-22)13-16-14-23-8-3-2-6-18(23)20-16/h2-8,14H,9-13H2,1H3. The highest BCUT2D eigenvalue weighted by molar-refractivity contribution is 5.40. The lowest BCUT2D eigenvalue weighted by Crippen LogP contribution is -2.46. The summed E-state index contributed by atoms with van der Waals surface area (Å²) < 4.78 is 2.09. The summed E-state index contributed by atoms with van der Waals surface area (Å²) in [4.78, 5) is 14.2. The number of rotatable bonds is 3. The van der Waals surface area contributed by atoms with E-state index in [9.17, 15) is 0 Å². The van der Waals surface area contributed by atoms with Crippen LogP contribution < -0.4 is 4.90 Å². The first-order valence-corrected chi connectivity index (χ1v) is 8.11. The Kier molecular flexibility index (Phi) is 3.71. The van der Waals surface area contributed by atoms with Gasteiger partial charge in [0.15, 0.2) is 0 Å². The van der Waals surface area contributed by atoms with Crippen molar-refractivity contribution < 1.29 is 0 Å². The van der Waals surface area contributed by atoms with Gasteiger partial charge >= 0.3 is 0 Å². The minimum absolute atomic E-state index is 0.913. The van der Waals surface area contributed by atoms with Gasteiger partial charge in [-0.25, -0.2) is 9.97 Å². The molecule has 0 saturated carbocycles. The molecule has 23 heavy (non-hydrogen) atoms. The van der Waals surface area contributed by atoms with Gasteiger partial charge in [-0.15, -0.1) is 0 Å². The van der Waals surface area contributed by atoms with Gasteiger partial charge < -0.3 is 9.30 Å². The van der Waals surface area contributed by atoms with Crippen LogP contribution in [0.1, 0.15) is 11.4 Å². The first-order valence-electron chi connectivity index (χ1n) is 8.11. The number of hydrogen-bond acceptors (Lipinski definition) is 4. The quantitative estimate of drug-likeness (QED) is 0.744. The number of aromatic nitrogens is 3. The van der Waals surface area contributed by atoms with Crippen molar-refractivity contribution in [3.8, 4) is 0 Å². The van der Waals surface area contributed by atoms with Gasteiger partial charge in [-0.3, -0.25) is 4.90 Å². The number of imidazole rings is 1. The van der Waals surface area contributed by atoms with Crippen LogP contribution in [0.15, 0.2) is 48.8 Å². The highest BCUT2D eigenvalue weighted by Gasteiger charge is 2.18. The van der Waals surface area contributed by atoms with Crippen molar-refractivity contribution in [3.05, 3.63) is 60.2 Å². The largest absolute Gasteiger partial charge is 0.354 e. The van der Waals surface area contributed by atoms with Crippen molar-refractivity contribution in [2.45, 2.75) is 13.5 Å². The molecule has 3 aromatic rings. The van der Waals surface area contributed by atoms with Crippen LogP contribution in [0.25, 0.3) is 5.65 Å². The molecule has 1 aliphatic heterocycles. The first-order chi connectivity index (χ1) is 11.3. The second-order valence-corrected chi connectivity index (χ2v) is 6.10. The van der Waals surface area contributed by atoms with Crippen LogP contribution >= 0.6 is 0 Å². The van der Waals surface area contributed by atoms with Crippen LogP contribution in [0.4, 0.5) is 5.82 Å². The third-order valence-corrected chi connectivity index (χ3v) is 4.37. The molecule has 118 valence electrons. The van der Waals surface area contributed by atoms with Gasteiger partial charge in [0.05, 0.1) is 5.69 Å². The number of piperazine rings is 1. The molecule has 0 N–H and O–H groups in total. The Bertz CT molecular complexity index is 769. The molecule has 1 saturated heterocycles. The zero-order chi connectivity index (χ0) is 15.6. The molecular formula is C18H21N5. The molecule has 0 bridgehead atoms. The minimum Gasteiger partial charge on any atom is -0.354 e. The monoisotopic (exact) mass is 307 g/mol. The van der Waals surface area contributed by atoms with E-state index in [2.05, 4.69) is 37.5 Å². The molecule has 1 aliphatic rings. The third-order valence-electron chi connectivity index (χ3n) is 4.37. The lowest BCUT2D eigenvalue weighted by molar-refractivity contribution is 0.247. The number of fused-ring (bicyclic) bond motifs is 1. The Labute approximate surface area is 136 Å². The van der Waals surface area contributed by atoms with E-state index in [0.717, 1.165) is 55.6 Å². The first kappa shape index (κ1) is 14.2.